The van der Waals surface area contributed by atoms with Crippen molar-refractivity contribution in [2.45, 2.75) is 39.8 Å². The van der Waals surface area contributed by atoms with Gasteiger partial charge in [-0.25, -0.2) is 0 Å². The molecule has 0 unspecified atom stereocenters. The third-order valence-electron chi connectivity index (χ3n) is 3.09. The van der Waals surface area contributed by atoms with Gasteiger partial charge >= 0.3 is 5.97 Å². The number of rotatable bonds is 9. The first kappa shape index (κ1) is 17.3. The van der Waals surface area contributed by atoms with Crippen LogP contribution in [0.15, 0.2) is 18.2 Å². The second kappa shape index (κ2) is 8.52. The van der Waals surface area contributed by atoms with Crippen molar-refractivity contribution in [1.29, 1.82) is 0 Å². The summed E-state index contributed by atoms with van der Waals surface area (Å²) in [6, 6.07) is 5.08. The number of nitrogens with one attached hydrogen (secondary N) is 1. The Kier molecular flexibility index (Phi) is 7.02. The van der Waals surface area contributed by atoms with Crippen LogP contribution in [0.25, 0.3) is 0 Å². The molecule has 0 saturated carbocycles. The second-order valence-corrected chi connectivity index (χ2v) is 5.32. The van der Waals surface area contributed by atoms with E-state index in [1.54, 1.807) is 7.11 Å². The summed E-state index contributed by atoms with van der Waals surface area (Å²) in [5, 5.41) is 12.3. The van der Waals surface area contributed by atoms with Gasteiger partial charge in [0.05, 0.1) is 13.7 Å². The zero-order chi connectivity index (χ0) is 15.8. The van der Waals surface area contributed by atoms with Crippen molar-refractivity contribution in [2.75, 3.05) is 13.7 Å². The predicted molar refractivity (Wildman–Crippen MR) is 81.9 cm³/mol. The van der Waals surface area contributed by atoms with Crippen molar-refractivity contribution >= 4 is 5.97 Å². The van der Waals surface area contributed by atoms with E-state index < -0.39 is 12.0 Å². The third kappa shape index (κ3) is 5.63. The highest BCUT2D eigenvalue weighted by atomic mass is 16.5. The van der Waals surface area contributed by atoms with Gasteiger partial charge in [0.1, 0.15) is 6.04 Å². The van der Waals surface area contributed by atoms with E-state index in [-0.39, 0.29) is 0 Å². The lowest BCUT2D eigenvalue weighted by molar-refractivity contribution is -0.140. The third-order valence-corrected chi connectivity index (χ3v) is 3.09. The molecule has 0 aliphatic heterocycles. The first-order valence-corrected chi connectivity index (χ1v) is 7.23. The number of hydrogen-bond acceptors (Lipinski definition) is 4. The maximum Gasteiger partial charge on any atom is 0.320 e. The fourth-order valence-corrected chi connectivity index (χ4v) is 2.08. The summed E-state index contributed by atoms with van der Waals surface area (Å²) in [6.07, 6.45) is 0.601. The average Bonchev–Trinajstić information content (AvgIpc) is 2.43. The normalized spacial score (nSPS) is 12.2. The van der Waals surface area contributed by atoms with Crippen LogP contribution in [0.1, 0.15) is 32.8 Å². The van der Waals surface area contributed by atoms with Crippen LogP contribution >= 0.6 is 0 Å². The molecule has 1 atom stereocenters. The largest absolute Gasteiger partial charge is 0.493 e. The zero-order valence-corrected chi connectivity index (χ0v) is 13.2. The van der Waals surface area contributed by atoms with Crippen LogP contribution in [0.3, 0.4) is 0 Å². The van der Waals surface area contributed by atoms with Gasteiger partial charge in [-0.15, -0.1) is 0 Å². The van der Waals surface area contributed by atoms with Crippen molar-refractivity contribution < 1.29 is 19.4 Å². The van der Waals surface area contributed by atoms with E-state index in [0.717, 1.165) is 5.56 Å². The van der Waals surface area contributed by atoms with Crippen LogP contribution in [0.2, 0.25) is 0 Å². The summed E-state index contributed by atoms with van der Waals surface area (Å²) < 4.78 is 10.7. The highest BCUT2D eigenvalue weighted by Gasteiger charge is 2.18. The monoisotopic (exact) mass is 295 g/mol. The summed E-state index contributed by atoms with van der Waals surface area (Å²) in [5.41, 5.74) is 0.967. The van der Waals surface area contributed by atoms with Gasteiger partial charge < -0.3 is 19.9 Å². The SMILES string of the molecule is CCOc1cc(CN[C@@H](CC(C)C)C(=O)O)ccc1OC. The summed E-state index contributed by atoms with van der Waals surface area (Å²) in [6.45, 7) is 6.97. The molecule has 2 N–H and O–H groups in total. The van der Waals surface area contributed by atoms with Crippen LogP contribution in [-0.2, 0) is 11.3 Å². The zero-order valence-electron chi connectivity index (χ0n) is 13.2. The Morgan fingerprint density at radius 2 is 2.05 bits per heavy atom. The first-order chi connectivity index (χ1) is 9.97. The molecule has 1 aromatic rings. The van der Waals surface area contributed by atoms with E-state index in [1.165, 1.54) is 0 Å². The molecule has 1 aromatic carbocycles. The molecule has 0 spiro atoms. The lowest BCUT2D eigenvalue weighted by Crippen LogP contribution is -2.37. The molecule has 0 aromatic heterocycles. The minimum atomic E-state index is -0.817. The Balaban J connectivity index is 2.73. The molecular weight excluding hydrogens is 270 g/mol. The van der Waals surface area contributed by atoms with E-state index in [4.69, 9.17) is 9.47 Å². The Morgan fingerprint density at radius 3 is 2.57 bits per heavy atom. The number of carboxylic acids is 1. The topological polar surface area (TPSA) is 67.8 Å². The Morgan fingerprint density at radius 1 is 1.33 bits per heavy atom. The summed E-state index contributed by atoms with van der Waals surface area (Å²) in [5.74, 6) is 0.864. The number of carbonyl (C=O) groups is 1. The lowest BCUT2D eigenvalue weighted by Gasteiger charge is -2.17. The molecule has 0 bridgehead atoms. The van der Waals surface area contributed by atoms with E-state index in [2.05, 4.69) is 5.32 Å². The second-order valence-electron chi connectivity index (χ2n) is 5.32. The highest BCUT2D eigenvalue weighted by molar-refractivity contribution is 5.73. The van der Waals surface area contributed by atoms with Gasteiger partial charge in [-0.3, -0.25) is 4.79 Å². The fourth-order valence-electron chi connectivity index (χ4n) is 2.08. The molecular formula is C16H25NO4. The highest BCUT2D eigenvalue weighted by Crippen LogP contribution is 2.28. The van der Waals surface area contributed by atoms with Gasteiger partial charge in [-0.05, 0) is 37.0 Å². The van der Waals surface area contributed by atoms with E-state index in [9.17, 15) is 9.90 Å². The molecule has 21 heavy (non-hydrogen) atoms. The van der Waals surface area contributed by atoms with E-state index in [1.807, 2.05) is 39.0 Å². The predicted octanol–water partition coefficient (Wildman–Crippen LogP) is 2.68. The summed E-state index contributed by atoms with van der Waals surface area (Å²) in [7, 11) is 1.60. The molecule has 5 heteroatoms. The minimum absolute atomic E-state index is 0.327. The van der Waals surface area contributed by atoms with Gasteiger partial charge in [0.15, 0.2) is 11.5 Å². The van der Waals surface area contributed by atoms with Crippen LogP contribution in [0.5, 0.6) is 11.5 Å². The molecule has 5 nitrogen and oxygen atoms in total. The van der Waals surface area contributed by atoms with Crippen molar-refractivity contribution in [2.24, 2.45) is 5.92 Å². The molecule has 0 amide bonds. The van der Waals surface area contributed by atoms with Crippen molar-refractivity contribution in [1.82, 2.24) is 5.32 Å². The molecule has 118 valence electrons. The maximum absolute atomic E-state index is 11.2. The van der Waals surface area contributed by atoms with E-state index >= 15 is 0 Å². The molecule has 0 radical (unpaired) electrons. The molecule has 0 fully saturated rings. The average molecular weight is 295 g/mol. The Bertz CT molecular complexity index is 460. The Labute approximate surface area is 126 Å². The van der Waals surface area contributed by atoms with Crippen molar-refractivity contribution in [3.05, 3.63) is 23.8 Å². The molecule has 0 heterocycles. The number of aliphatic carboxylic acids is 1. The van der Waals surface area contributed by atoms with Crippen LogP contribution in [0, 0.1) is 5.92 Å². The molecule has 0 saturated heterocycles. The summed E-state index contributed by atoms with van der Waals surface area (Å²) >= 11 is 0. The molecule has 0 aliphatic carbocycles. The standard InChI is InChI=1S/C16H25NO4/c1-5-21-15-9-12(6-7-14(15)20-4)10-17-13(16(18)19)8-11(2)3/h6-7,9,11,13,17H,5,8,10H2,1-4H3,(H,18,19)/t13-/m0/s1. The number of benzene rings is 1. The van der Waals surface area contributed by atoms with Crippen LogP contribution < -0.4 is 14.8 Å². The van der Waals surface area contributed by atoms with Gasteiger partial charge in [0, 0.05) is 6.54 Å². The summed E-state index contributed by atoms with van der Waals surface area (Å²) in [4.78, 5) is 11.2. The van der Waals surface area contributed by atoms with Crippen LogP contribution in [0.4, 0.5) is 0 Å². The van der Waals surface area contributed by atoms with E-state index in [0.29, 0.717) is 37.0 Å². The Hall–Kier alpha value is -1.75. The molecule has 1 rings (SSSR count). The van der Waals surface area contributed by atoms with Gasteiger partial charge in [-0.1, -0.05) is 19.9 Å². The number of methoxy groups -OCH3 is 1. The number of hydrogen-bond donors (Lipinski definition) is 2. The lowest BCUT2D eigenvalue weighted by atomic mass is 10.0. The molecule has 0 aliphatic rings. The van der Waals surface area contributed by atoms with Crippen molar-refractivity contribution in [3.63, 3.8) is 0 Å². The fraction of sp³-hybridized carbons (Fsp3) is 0.562. The quantitative estimate of drug-likeness (QED) is 0.733. The smallest absolute Gasteiger partial charge is 0.320 e. The van der Waals surface area contributed by atoms with Gasteiger partial charge in [0.25, 0.3) is 0 Å². The minimum Gasteiger partial charge on any atom is -0.493 e. The maximum atomic E-state index is 11.2. The van der Waals surface area contributed by atoms with Gasteiger partial charge in [0.2, 0.25) is 0 Å². The number of carboxylic acid groups (broad SMARTS) is 1. The van der Waals surface area contributed by atoms with Gasteiger partial charge in [-0.2, -0.15) is 0 Å². The van der Waals surface area contributed by atoms with Crippen molar-refractivity contribution in [3.8, 4) is 11.5 Å². The number of ether oxygens (including phenoxy) is 2. The van der Waals surface area contributed by atoms with Crippen LogP contribution in [-0.4, -0.2) is 30.8 Å². The first-order valence-electron chi connectivity index (χ1n) is 7.23.